The van der Waals surface area contributed by atoms with Gasteiger partial charge in [-0.05, 0) is 270 Å². The molecule has 0 unspecified atom stereocenters. The van der Waals surface area contributed by atoms with E-state index in [1.807, 2.05) is 0 Å². The molecule has 0 spiro atoms. The molecular formula is C134H90N6. The number of benzene rings is 23. The van der Waals surface area contributed by atoms with Crippen LogP contribution in [0.15, 0.2) is 546 Å². The van der Waals surface area contributed by atoms with E-state index >= 15 is 0 Å². The van der Waals surface area contributed by atoms with Gasteiger partial charge >= 0.3 is 0 Å². The Kier molecular flexibility index (Phi) is 20.5. The minimum absolute atomic E-state index is 1.10. The molecule has 5 aromatic heterocycles. The van der Waals surface area contributed by atoms with Gasteiger partial charge in [-0.2, -0.15) is 0 Å². The van der Waals surface area contributed by atoms with Crippen molar-refractivity contribution in [3.8, 4) is 95.2 Å². The van der Waals surface area contributed by atoms with Crippen LogP contribution in [0, 0.1) is 0 Å². The van der Waals surface area contributed by atoms with Crippen LogP contribution in [0.1, 0.15) is 0 Å². The number of nitrogens with zero attached hydrogens (tertiary/aromatic N) is 6. The molecule has 0 radical (unpaired) electrons. The van der Waals surface area contributed by atoms with Gasteiger partial charge in [0.15, 0.2) is 0 Å². The molecule has 28 rings (SSSR count). The summed E-state index contributed by atoms with van der Waals surface area (Å²) in [4.78, 5) is 2.34. The van der Waals surface area contributed by atoms with Crippen LogP contribution < -0.4 is 4.90 Å². The molecule has 0 amide bonds. The van der Waals surface area contributed by atoms with Gasteiger partial charge in [0.2, 0.25) is 0 Å². The van der Waals surface area contributed by atoms with Gasteiger partial charge in [0.05, 0.1) is 55.2 Å². The molecule has 6 nitrogen and oxygen atoms in total. The van der Waals surface area contributed by atoms with E-state index in [0.29, 0.717) is 0 Å². The van der Waals surface area contributed by atoms with Crippen molar-refractivity contribution < 1.29 is 0 Å². The summed E-state index contributed by atoms with van der Waals surface area (Å²) in [7, 11) is 0. The first-order valence-electron chi connectivity index (χ1n) is 48.1. The highest BCUT2D eigenvalue weighted by molar-refractivity contribution is 6.22. The fraction of sp³-hybridized carbons (Fsp3) is 0. The number of hydrogen-bond donors (Lipinski definition) is 0. The largest absolute Gasteiger partial charge is 0.311 e. The first-order valence-corrected chi connectivity index (χ1v) is 48.1. The van der Waals surface area contributed by atoms with Crippen molar-refractivity contribution in [1.82, 2.24) is 22.8 Å². The zero-order chi connectivity index (χ0) is 92.5. The van der Waals surface area contributed by atoms with Gasteiger partial charge in [0, 0.05) is 99.4 Å². The molecule has 0 aliphatic carbocycles. The fourth-order valence-corrected chi connectivity index (χ4v) is 21.6. The third-order valence-electron chi connectivity index (χ3n) is 28.2. The molecule has 656 valence electrons. The predicted octanol–water partition coefficient (Wildman–Crippen LogP) is 36.3. The molecule has 6 heteroatoms. The molecule has 5 heterocycles. The average Bonchev–Trinajstić information content (AvgIpc) is 1.55. The molecular weight excluding hydrogens is 1690 g/mol. The molecule has 0 bridgehead atoms. The van der Waals surface area contributed by atoms with E-state index in [2.05, 4.69) is 574 Å². The average molecular weight is 1780 g/mol. The predicted molar refractivity (Wildman–Crippen MR) is 593 cm³/mol. The summed E-state index contributed by atoms with van der Waals surface area (Å²) < 4.78 is 12.0. The molecule has 0 aliphatic rings. The minimum atomic E-state index is 1.10. The zero-order valence-electron chi connectivity index (χ0n) is 76.6. The van der Waals surface area contributed by atoms with Crippen molar-refractivity contribution in [1.29, 1.82) is 0 Å². The number of para-hydroxylation sites is 6. The standard InChI is InChI=1S/C48H32N2.C46H32N2.C40H26N2/c1-3-12-33(13-4-1)35-22-26-39(27-23-35)49-45-20-9-7-18-41(45)43-31-37(24-28-47(43)49)38-25-29-48-44(32-38)42-19-8-10-21-46(42)50(48)40-17-11-16-36(30-40)34-14-5-2-6-15-34;1-3-11-33(12-4-1)35-19-24-38(25-20-35)47(39-26-21-36(22-27-39)34-13-5-2-6-14-34)40-28-30-41(31-29-40)48-44-18-10-9-17-43(44)46-42-16-8-7-15-37(42)23-32-45(46)48;1-2-12-31(13-3-1)41-37-16-8-6-14-33(37)35-25-29(19-22-39(35)41)30-20-23-40-36(26-30)34-15-7-9-17-38(34)42(40)32-21-18-27-10-4-5-11-28(27)24-32/h1-32H;1-32H;1-26H. The van der Waals surface area contributed by atoms with Gasteiger partial charge in [0.1, 0.15) is 0 Å². The molecule has 0 saturated carbocycles. The van der Waals surface area contributed by atoms with Crippen LogP contribution in [-0.2, 0) is 0 Å². The van der Waals surface area contributed by atoms with Crippen LogP contribution in [-0.4, -0.2) is 22.8 Å². The molecule has 23 aromatic carbocycles. The maximum Gasteiger partial charge on any atom is 0.0547 e. The van der Waals surface area contributed by atoms with Crippen LogP contribution in [0.2, 0.25) is 0 Å². The lowest BCUT2D eigenvalue weighted by Crippen LogP contribution is -2.10. The van der Waals surface area contributed by atoms with E-state index in [-0.39, 0.29) is 0 Å². The van der Waals surface area contributed by atoms with Gasteiger partial charge in [-0.3, -0.25) is 0 Å². The highest BCUT2D eigenvalue weighted by Crippen LogP contribution is 2.46. The Bertz CT molecular complexity index is 9480. The van der Waals surface area contributed by atoms with E-state index in [1.54, 1.807) is 0 Å². The van der Waals surface area contributed by atoms with Gasteiger partial charge < -0.3 is 27.7 Å². The van der Waals surface area contributed by atoms with Gasteiger partial charge in [-0.1, -0.05) is 364 Å². The van der Waals surface area contributed by atoms with Gasteiger partial charge in [-0.25, -0.2) is 0 Å². The van der Waals surface area contributed by atoms with Gasteiger partial charge in [-0.15, -0.1) is 0 Å². The van der Waals surface area contributed by atoms with Gasteiger partial charge in [0.25, 0.3) is 0 Å². The Morgan fingerprint density at radius 2 is 0.350 bits per heavy atom. The van der Waals surface area contributed by atoms with Crippen LogP contribution in [0.4, 0.5) is 17.1 Å². The third-order valence-corrected chi connectivity index (χ3v) is 28.2. The van der Waals surface area contributed by atoms with E-state index in [9.17, 15) is 0 Å². The number of fused-ring (bicyclic) bond motifs is 18. The summed E-state index contributed by atoms with van der Waals surface area (Å²) in [6, 6.07) is 197. The lowest BCUT2D eigenvalue weighted by atomic mass is 10.0. The molecule has 140 heavy (non-hydrogen) atoms. The van der Waals surface area contributed by atoms with Crippen LogP contribution in [0.3, 0.4) is 0 Å². The highest BCUT2D eigenvalue weighted by atomic mass is 15.1. The number of rotatable bonds is 14. The van der Waals surface area contributed by atoms with Crippen molar-refractivity contribution >= 4 is 148 Å². The highest BCUT2D eigenvalue weighted by Gasteiger charge is 2.23. The summed E-state index contributed by atoms with van der Waals surface area (Å²) in [6.45, 7) is 0. The van der Waals surface area contributed by atoms with Crippen molar-refractivity contribution in [3.63, 3.8) is 0 Å². The van der Waals surface area contributed by atoms with E-state index in [0.717, 1.165) is 34.1 Å². The van der Waals surface area contributed by atoms with E-state index < -0.39 is 0 Å². The zero-order valence-corrected chi connectivity index (χ0v) is 76.6. The number of anilines is 3. The third kappa shape index (κ3) is 14.6. The number of aromatic nitrogens is 5. The Hall–Kier alpha value is -18.6. The Morgan fingerprint density at radius 3 is 0.771 bits per heavy atom. The van der Waals surface area contributed by atoms with Crippen molar-refractivity contribution in [3.05, 3.63) is 546 Å². The van der Waals surface area contributed by atoms with Crippen LogP contribution in [0.25, 0.3) is 226 Å². The Labute approximate surface area is 810 Å². The summed E-state index contributed by atoms with van der Waals surface area (Å²) in [5, 5.41) is 17.7. The SMILES string of the molecule is c1ccc(-c2ccc(-n3c4ccccc4c4cc(-c5ccc6c(c5)c5ccccc5n6-c5cccc(-c6ccccc6)c5)ccc43)cc2)cc1.c1ccc(-c2ccc(N(c3ccc(-c4ccccc4)cc3)c3ccc(-n4c5ccccc5c5c6ccccc6ccc54)cc3)cc2)cc1.c1ccc(-n2c3ccccc3c3cc(-c4ccc5c(c4)c4ccccc4n5-c4ccc5ccccc5c4)ccc32)cc1. The summed E-state index contributed by atoms with van der Waals surface area (Å²) in [5.74, 6) is 0. The second-order valence-corrected chi connectivity index (χ2v) is 36.2. The molecule has 0 saturated heterocycles. The van der Waals surface area contributed by atoms with E-state index in [4.69, 9.17) is 0 Å². The molecule has 28 aromatic rings. The van der Waals surface area contributed by atoms with Crippen LogP contribution >= 0.6 is 0 Å². The minimum Gasteiger partial charge on any atom is -0.311 e. The number of hydrogen-bond acceptors (Lipinski definition) is 1. The monoisotopic (exact) mass is 1780 g/mol. The lowest BCUT2D eigenvalue weighted by molar-refractivity contribution is 1.17. The molecule has 0 fully saturated rings. The smallest absolute Gasteiger partial charge is 0.0547 e. The molecule has 0 aliphatic heterocycles. The quantitative estimate of drug-likeness (QED) is 0.107. The van der Waals surface area contributed by atoms with E-state index in [1.165, 1.54) is 209 Å². The Balaban J connectivity index is 0.000000108. The summed E-state index contributed by atoms with van der Waals surface area (Å²) >= 11 is 0. The maximum absolute atomic E-state index is 2.40. The van der Waals surface area contributed by atoms with Crippen LogP contribution in [0.5, 0.6) is 0 Å². The first kappa shape index (κ1) is 82.1. The fourth-order valence-electron chi connectivity index (χ4n) is 21.6. The van der Waals surface area contributed by atoms with Crippen molar-refractivity contribution in [2.75, 3.05) is 4.90 Å². The second-order valence-electron chi connectivity index (χ2n) is 36.2. The summed E-state index contributed by atoms with van der Waals surface area (Å²) in [5.41, 5.74) is 35.9. The first-order chi connectivity index (χ1) is 69.4. The summed E-state index contributed by atoms with van der Waals surface area (Å²) in [6.07, 6.45) is 0. The normalized spacial score (nSPS) is 11.6. The second kappa shape index (κ2) is 35.0. The maximum atomic E-state index is 2.40. The molecule has 0 atom stereocenters. The Morgan fingerprint density at radius 1 is 0.114 bits per heavy atom. The molecule has 0 N–H and O–H groups in total. The van der Waals surface area contributed by atoms with Crippen molar-refractivity contribution in [2.24, 2.45) is 0 Å². The van der Waals surface area contributed by atoms with Crippen molar-refractivity contribution in [2.45, 2.75) is 0 Å². The lowest BCUT2D eigenvalue weighted by Gasteiger charge is -2.26. The topological polar surface area (TPSA) is 27.9 Å².